The molecule has 1 heterocycles. The van der Waals surface area contributed by atoms with Gasteiger partial charge in [0.25, 0.3) is 0 Å². The van der Waals surface area contributed by atoms with Crippen molar-refractivity contribution in [1.29, 1.82) is 0 Å². The minimum absolute atomic E-state index is 0.453. The standard InChI is InChI=1S/C48H33NO2/c1-3-33(4-2)49(34-19-14-18-32(28-34)31-16-6-5-7-17-31)43-26-15-27-44-47(43)51-45-29-38-37-22-10-13-25-41(37)48(42(38)30-46(45)50-44)39-23-11-8-20-35(39)36-21-9-12-24-40(36)48/h3-30H,1H2,2H3/b33-4+. The van der Waals surface area contributed by atoms with Gasteiger partial charge in [0.05, 0.1) is 11.1 Å². The SMILES string of the molecule is C=C/C(=C\C)N(c1cccc(-c2ccccc2)c1)c1cccc2c1Oc1cc3c(cc1O2)C1(c2ccccc2-c2ccccc21)c1ccccc1-3. The van der Waals surface area contributed by atoms with E-state index in [0.29, 0.717) is 23.0 Å². The summed E-state index contributed by atoms with van der Waals surface area (Å²) in [6, 6.07) is 56.0. The Morgan fingerprint density at radius 2 is 1.12 bits per heavy atom. The normalized spacial score (nSPS) is 13.9. The topological polar surface area (TPSA) is 21.7 Å². The maximum Gasteiger partial charge on any atom is 0.194 e. The van der Waals surface area contributed by atoms with Gasteiger partial charge in [-0.15, -0.1) is 0 Å². The molecule has 0 saturated heterocycles. The zero-order valence-electron chi connectivity index (χ0n) is 28.1. The first kappa shape index (κ1) is 29.3. The maximum absolute atomic E-state index is 6.97. The molecule has 3 heteroatoms. The summed E-state index contributed by atoms with van der Waals surface area (Å²) < 4.78 is 13.8. The number of nitrogens with zero attached hydrogens (tertiary/aromatic N) is 1. The Morgan fingerprint density at radius 3 is 1.78 bits per heavy atom. The molecule has 242 valence electrons. The number of anilines is 2. The highest BCUT2D eigenvalue weighted by Crippen LogP contribution is 2.65. The van der Waals surface area contributed by atoms with Crippen LogP contribution in [0.3, 0.4) is 0 Å². The van der Waals surface area contributed by atoms with Crippen LogP contribution in [-0.4, -0.2) is 0 Å². The van der Waals surface area contributed by atoms with Crippen molar-refractivity contribution in [2.24, 2.45) is 0 Å². The molecule has 0 fully saturated rings. The summed E-state index contributed by atoms with van der Waals surface area (Å²) in [5, 5.41) is 0. The molecule has 1 aliphatic heterocycles. The van der Waals surface area contributed by atoms with Crippen molar-refractivity contribution < 1.29 is 9.47 Å². The van der Waals surface area contributed by atoms with Crippen molar-refractivity contribution in [3.8, 4) is 56.4 Å². The highest BCUT2D eigenvalue weighted by Gasteiger charge is 2.52. The van der Waals surface area contributed by atoms with Crippen LogP contribution in [-0.2, 0) is 5.41 Å². The first-order valence-corrected chi connectivity index (χ1v) is 17.4. The predicted molar refractivity (Wildman–Crippen MR) is 207 cm³/mol. The number of hydrogen-bond acceptors (Lipinski definition) is 3. The molecule has 0 saturated carbocycles. The van der Waals surface area contributed by atoms with Crippen molar-refractivity contribution in [2.45, 2.75) is 12.3 Å². The molecule has 2 aliphatic carbocycles. The van der Waals surface area contributed by atoms with Gasteiger partial charge in [-0.3, -0.25) is 0 Å². The minimum Gasteiger partial charge on any atom is -0.449 e. The molecule has 0 N–H and O–H groups in total. The average molecular weight is 656 g/mol. The zero-order chi connectivity index (χ0) is 34.1. The molecule has 7 aromatic rings. The molecule has 0 amide bonds. The van der Waals surface area contributed by atoms with Gasteiger partial charge in [-0.2, -0.15) is 0 Å². The van der Waals surface area contributed by atoms with Crippen LogP contribution in [0.2, 0.25) is 0 Å². The largest absolute Gasteiger partial charge is 0.449 e. The van der Waals surface area contributed by atoms with Crippen molar-refractivity contribution >= 4 is 11.4 Å². The number of rotatable bonds is 5. The zero-order valence-corrected chi connectivity index (χ0v) is 28.1. The molecule has 0 aromatic heterocycles. The number of allylic oxidation sites excluding steroid dienone is 2. The monoisotopic (exact) mass is 655 g/mol. The van der Waals surface area contributed by atoms with E-state index in [9.17, 15) is 0 Å². The van der Waals surface area contributed by atoms with Crippen LogP contribution in [0.5, 0.6) is 23.0 Å². The van der Waals surface area contributed by atoms with Crippen LogP contribution >= 0.6 is 0 Å². The summed E-state index contributed by atoms with van der Waals surface area (Å²) in [5.74, 6) is 2.73. The van der Waals surface area contributed by atoms with Crippen molar-refractivity contribution in [3.05, 3.63) is 204 Å². The van der Waals surface area contributed by atoms with Crippen LogP contribution in [0.1, 0.15) is 29.2 Å². The van der Waals surface area contributed by atoms with Crippen molar-refractivity contribution in [1.82, 2.24) is 0 Å². The molecule has 51 heavy (non-hydrogen) atoms. The first-order valence-electron chi connectivity index (χ1n) is 17.4. The lowest BCUT2D eigenvalue weighted by atomic mass is 9.70. The molecule has 0 atom stereocenters. The van der Waals surface area contributed by atoms with Gasteiger partial charge in [0.2, 0.25) is 0 Å². The fourth-order valence-electron chi connectivity index (χ4n) is 8.57. The third kappa shape index (κ3) is 4.12. The van der Waals surface area contributed by atoms with Gasteiger partial charge in [-0.1, -0.05) is 134 Å². The van der Waals surface area contributed by atoms with E-state index in [1.54, 1.807) is 0 Å². The number of fused-ring (bicyclic) bond motifs is 12. The minimum atomic E-state index is -0.453. The van der Waals surface area contributed by atoms with Crippen LogP contribution < -0.4 is 14.4 Å². The summed E-state index contributed by atoms with van der Waals surface area (Å²) in [6.45, 7) is 6.21. The maximum atomic E-state index is 6.97. The molecule has 10 rings (SSSR count). The Morgan fingerprint density at radius 1 is 0.529 bits per heavy atom. The summed E-state index contributed by atoms with van der Waals surface area (Å²) in [5.41, 5.74) is 14.7. The van der Waals surface area contributed by atoms with Gasteiger partial charge in [-0.25, -0.2) is 0 Å². The summed E-state index contributed by atoms with van der Waals surface area (Å²) >= 11 is 0. The number of benzene rings is 7. The molecule has 0 bridgehead atoms. The van der Waals surface area contributed by atoms with Crippen LogP contribution in [0, 0.1) is 0 Å². The summed E-state index contributed by atoms with van der Waals surface area (Å²) in [7, 11) is 0. The first-order chi connectivity index (χ1) is 25.2. The third-order valence-corrected chi connectivity index (χ3v) is 10.7. The second-order valence-electron chi connectivity index (χ2n) is 13.2. The average Bonchev–Trinajstić information content (AvgIpc) is 3.65. The van der Waals surface area contributed by atoms with E-state index in [-0.39, 0.29) is 0 Å². The molecule has 3 nitrogen and oxygen atoms in total. The molecule has 0 radical (unpaired) electrons. The van der Waals surface area contributed by atoms with Crippen LogP contribution in [0.4, 0.5) is 11.4 Å². The van der Waals surface area contributed by atoms with Gasteiger partial charge in [0.1, 0.15) is 0 Å². The van der Waals surface area contributed by atoms with E-state index in [1.807, 2.05) is 31.2 Å². The van der Waals surface area contributed by atoms with E-state index in [0.717, 1.165) is 33.8 Å². The fraction of sp³-hybridized carbons (Fsp3) is 0.0417. The van der Waals surface area contributed by atoms with Gasteiger partial charge in [0, 0.05) is 11.4 Å². The Labute approximate surface area is 298 Å². The lowest BCUT2D eigenvalue weighted by Gasteiger charge is -2.32. The molecule has 1 spiro atoms. The van der Waals surface area contributed by atoms with Gasteiger partial charge in [0.15, 0.2) is 23.0 Å². The van der Waals surface area contributed by atoms with Gasteiger partial charge < -0.3 is 14.4 Å². The Hall–Kier alpha value is -6.58. The highest BCUT2D eigenvalue weighted by molar-refractivity contribution is 5.96. The molecule has 7 aromatic carbocycles. The number of ether oxygens (including phenoxy) is 2. The quantitative estimate of drug-likeness (QED) is 0.172. The van der Waals surface area contributed by atoms with E-state index in [2.05, 4.69) is 157 Å². The van der Waals surface area contributed by atoms with E-state index in [4.69, 9.17) is 9.47 Å². The summed E-state index contributed by atoms with van der Waals surface area (Å²) in [4.78, 5) is 2.19. The van der Waals surface area contributed by atoms with E-state index >= 15 is 0 Å². The molecule has 3 aliphatic rings. The summed E-state index contributed by atoms with van der Waals surface area (Å²) in [6.07, 6.45) is 3.95. The van der Waals surface area contributed by atoms with Gasteiger partial charge in [-0.05, 0) is 105 Å². The Bertz CT molecular complexity index is 2530. The van der Waals surface area contributed by atoms with Crippen LogP contribution in [0.25, 0.3) is 33.4 Å². The lowest BCUT2D eigenvalue weighted by Crippen LogP contribution is -2.26. The molecular formula is C48H33NO2. The second-order valence-corrected chi connectivity index (χ2v) is 13.2. The van der Waals surface area contributed by atoms with E-state index < -0.39 is 5.41 Å². The highest BCUT2D eigenvalue weighted by atomic mass is 16.6. The van der Waals surface area contributed by atoms with Crippen LogP contribution in [0.15, 0.2) is 182 Å². The fourth-order valence-corrected chi connectivity index (χ4v) is 8.57. The number of hydrogen-bond donors (Lipinski definition) is 0. The second kappa shape index (κ2) is 11.2. The van der Waals surface area contributed by atoms with Crippen molar-refractivity contribution in [2.75, 3.05) is 4.90 Å². The number of para-hydroxylation sites is 1. The predicted octanol–water partition coefficient (Wildman–Crippen LogP) is 12.8. The Kier molecular flexibility index (Phi) is 6.46. The van der Waals surface area contributed by atoms with Gasteiger partial charge >= 0.3 is 0 Å². The Balaban J connectivity index is 1.14. The molecule has 0 unspecified atom stereocenters. The smallest absolute Gasteiger partial charge is 0.194 e. The van der Waals surface area contributed by atoms with E-state index in [1.165, 1.54) is 38.9 Å². The lowest BCUT2D eigenvalue weighted by molar-refractivity contribution is 0.360. The van der Waals surface area contributed by atoms with Crippen molar-refractivity contribution in [3.63, 3.8) is 0 Å². The molecular weight excluding hydrogens is 623 g/mol. The third-order valence-electron chi connectivity index (χ3n) is 10.7.